The monoisotopic (exact) mass is 409 g/mol. The van der Waals surface area contributed by atoms with Crippen LogP contribution in [-0.4, -0.2) is 15.7 Å². The number of benzene rings is 2. The van der Waals surface area contributed by atoms with Crippen molar-refractivity contribution in [2.75, 3.05) is 0 Å². The van der Waals surface area contributed by atoms with Crippen LogP contribution >= 0.6 is 0 Å². The average Bonchev–Trinajstić information content (AvgIpc) is 2.96. The van der Waals surface area contributed by atoms with Crippen LogP contribution in [0.25, 0.3) is 22.7 Å². The molecule has 0 atom stereocenters. The van der Waals surface area contributed by atoms with Crippen molar-refractivity contribution < 1.29 is 0 Å². The summed E-state index contributed by atoms with van der Waals surface area (Å²) in [5.41, 5.74) is 8.64. The van der Waals surface area contributed by atoms with Crippen LogP contribution in [0.4, 0.5) is 0 Å². The maximum absolute atomic E-state index is 5.31. The first kappa shape index (κ1) is 21.2. The normalized spacial score (nSPS) is 14.3. The Morgan fingerprint density at radius 1 is 1.10 bits per heavy atom. The lowest BCUT2D eigenvalue weighted by Crippen LogP contribution is -2.11. The molecule has 0 amide bonds. The van der Waals surface area contributed by atoms with E-state index in [0.29, 0.717) is 5.92 Å². The minimum Gasteiger partial charge on any atom is -0.257 e. The fourth-order valence-electron chi connectivity index (χ4n) is 4.15. The van der Waals surface area contributed by atoms with Crippen LogP contribution in [0.1, 0.15) is 62.5 Å². The van der Waals surface area contributed by atoms with E-state index in [0.717, 1.165) is 48.1 Å². The van der Waals surface area contributed by atoms with Gasteiger partial charge < -0.3 is 0 Å². The van der Waals surface area contributed by atoms with Gasteiger partial charge in [0.05, 0.1) is 11.2 Å². The SMILES string of the molecule is CCC1=C(N=C(CCc2ncc3ccccc3n2)C(C)C)c2cccc(C)c2C=CC1. The Bertz CT molecular complexity index is 1180. The lowest BCUT2D eigenvalue weighted by molar-refractivity contribution is 0.818. The molecule has 0 aliphatic heterocycles. The van der Waals surface area contributed by atoms with E-state index in [9.17, 15) is 0 Å². The summed E-state index contributed by atoms with van der Waals surface area (Å²) in [5, 5.41) is 1.08. The summed E-state index contributed by atoms with van der Waals surface area (Å²) < 4.78 is 0. The number of aliphatic imine (C=N–C) groups is 1. The fourth-order valence-corrected chi connectivity index (χ4v) is 4.15. The van der Waals surface area contributed by atoms with Gasteiger partial charge in [0.25, 0.3) is 0 Å². The van der Waals surface area contributed by atoms with E-state index in [1.54, 1.807) is 0 Å². The number of allylic oxidation sites excluding steroid dienone is 2. The summed E-state index contributed by atoms with van der Waals surface area (Å²) in [6, 6.07) is 14.7. The molecule has 1 aliphatic carbocycles. The third kappa shape index (κ3) is 4.66. The molecule has 0 N–H and O–H groups in total. The molecule has 0 unspecified atom stereocenters. The number of para-hydroxylation sites is 1. The van der Waals surface area contributed by atoms with Crippen molar-refractivity contribution in [3.05, 3.63) is 82.8 Å². The van der Waals surface area contributed by atoms with Crippen LogP contribution in [0.3, 0.4) is 0 Å². The molecule has 0 radical (unpaired) electrons. The van der Waals surface area contributed by atoms with E-state index in [1.165, 1.54) is 28.0 Å². The maximum atomic E-state index is 5.31. The minimum absolute atomic E-state index is 0.371. The number of rotatable bonds is 6. The molecule has 3 heteroatoms. The highest BCUT2D eigenvalue weighted by Gasteiger charge is 2.17. The highest BCUT2D eigenvalue weighted by Crippen LogP contribution is 2.33. The van der Waals surface area contributed by atoms with Gasteiger partial charge in [0.2, 0.25) is 0 Å². The van der Waals surface area contributed by atoms with Crippen LogP contribution < -0.4 is 0 Å². The molecule has 2 aromatic carbocycles. The van der Waals surface area contributed by atoms with Crippen molar-refractivity contribution >= 4 is 28.4 Å². The first-order valence-electron chi connectivity index (χ1n) is 11.3. The van der Waals surface area contributed by atoms with Crippen LogP contribution in [0.15, 0.2) is 65.3 Å². The number of fused-ring (bicyclic) bond motifs is 2. The highest BCUT2D eigenvalue weighted by atomic mass is 14.9. The number of nitrogens with zero attached hydrogens (tertiary/aromatic N) is 3. The van der Waals surface area contributed by atoms with Gasteiger partial charge in [0.15, 0.2) is 0 Å². The van der Waals surface area contributed by atoms with Crippen molar-refractivity contribution in [3.8, 4) is 0 Å². The Hall–Kier alpha value is -3.07. The summed E-state index contributed by atoms with van der Waals surface area (Å²) in [6.45, 7) is 8.88. The number of hydrogen-bond acceptors (Lipinski definition) is 3. The third-order valence-electron chi connectivity index (χ3n) is 6.06. The lowest BCUT2D eigenvalue weighted by atomic mass is 9.96. The van der Waals surface area contributed by atoms with Gasteiger partial charge in [-0.2, -0.15) is 0 Å². The van der Waals surface area contributed by atoms with Crippen LogP contribution in [0, 0.1) is 12.8 Å². The quantitative estimate of drug-likeness (QED) is 0.404. The van der Waals surface area contributed by atoms with E-state index in [2.05, 4.69) is 69.1 Å². The van der Waals surface area contributed by atoms with Gasteiger partial charge in [-0.05, 0) is 54.9 Å². The predicted octanol–water partition coefficient (Wildman–Crippen LogP) is 7.21. The van der Waals surface area contributed by atoms with E-state index < -0.39 is 0 Å². The fraction of sp³-hybridized carbons (Fsp3) is 0.321. The first-order chi connectivity index (χ1) is 15.1. The zero-order chi connectivity index (χ0) is 21.8. The number of hydrogen-bond donors (Lipinski definition) is 0. The molecular weight excluding hydrogens is 378 g/mol. The van der Waals surface area contributed by atoms with Crippen molar-refractivity contribution in [2.45, 2.75) is 53.4 Å². The summed E-state index contributed by atoms with van der Waals surface area (Å²) in [7, 11) is 0. The molecule has 0 spiro atoms. The molecule has 1 aliphatic rings. The molecule has 0 saturated carbocycles. The Balaban J connectivity index is 1.68. The second-order valence-corrected chi connectivity index (χ2v) is 8.55. The number of aromatic nitrogens is 2. The largest absolute Gasteiger partial charge is 0.257 e. The van der Waals surface area contributed by atoms with Gasteiger partial charge >= 0.3 is 0 Å². The lowest BCUT2D eigenvalue weighted by Gasteiger charge is -2.16. The van der Waals surface area contributed by atoms with Crippen molar-refractivity contribution in [2.24, 2.45) is 10.9 Å². The Kier molecular flexibility index (Phi) is 6.41. The molecule has 1 aromatic heterocycles. The molecule has 31 heavy (non-hydrogen) atoms. The average molecular weight is 410 g/mol. The van der Waals surface area contributed by atoms with Crippen molar-refractivity contribution in [1.29, 1.82) is 0 Å². The topological polar surface area (TPSA) is 38.1 Å². The smallest absolute Gasteiger partial charge is 0.129 e. The van der Waals surface area contributed by atoms with Gasteiger partial charge in [-0.3, -0.25) is 4.99 Å². The Labute approximate surface area is 185 Å². The molecule has 3 aromatic rings. The second kappa shape index (κ2) is 9.38. The van der Waals surface area contributed by atoms with Gasteiger partial charge in [0.1, 0.15) is 5.82 Å². The Morgan fingerprint density at radius 3 is 2.74 bits per heavy atom. The third-order valence-corrected chi connectivity index (χ3v) is 6.06. The molecule has 0 bridgehead atoms. The molecule has 0 fully saturated rings. The van der Waals surface area contributed by atoms with E-state index in [4.69, 9.17) is 9.98 Å². The van der Waals surface area contributed by atoms with E-state index in [-0.39, 0.29) is 0 Å². The summed E-state index contributed by atoms with van der Waals surface area (Å²) in [6.07, 6.45) is 10.1. The molecule has 1 heterocycles. The number of aryl methyl sites for hydroxylation is 2. The van der Waals surface area contributed by atoms with E-state index >= 15 is 0 Å². The summed E-state index contributed by atoms with van der Waals surface area (Å²) >= 11 is 0. The first-order valence-corrected chi connectivity index (χ1v) is 11.3. The highest BCUT2D eigenvalue weighted by molar-refractivity contribution is 5.93. The standard InChI is InChI=1S/C28H31N3/c1-5-21-12-9-13-23-20(4)10-8-14-24(23)28(21)31-25(19(2)3)16-17-27-29-18-22-11-6-7-15-26(22)30-27/h6-11,13-15,18-19H,5,12,16-17H2,1-4H3. The van der Waals surface area contributed by atoms with Gasteiger partial charge in [-0.25, -0.2) is 9.97 Å². The molecular formula is C28H31N3. The molecule has 3 nitrogen and oxygen atoms in total. The minimum atomic E-state index is 0.371. The van der Waals surface area contributed by atoms with Gasteiger partial charge in [-0.1, -0.05) is 69.3 Å². The van der Waals surface area contributed by atoms with Gasteiger partial charge in [-0.15, -0.1) is 0 Å². The second-order valence-electron chi connectivity index (χ2n) is 8.55. The molecule has 0 saturated heterocycles. The Morgan fingerprint density at radius 2 is 1.94 bits per heavy atom. The van der Waals surface area contributed by atoms with Crippen LogP contribution in [0.2, 0.25) is 0 Å². The van der Waals surface area contributed by atoms with Gasteiger partial charge in [0, 0.05) is 29.3 Å². The molecule has 4 rings (SSSR count). The molecule has 158 valence electrons. The van der Waals surface area contributed by atoms with Crippen molar-refractivity contribution in [1.82, 2.24) is 9.97 Å². The predicted molar refractivity (Wildman–Crippen MR) is 132 cm³/mol. The van der Waals surface area contributed by atoms with Crippen molar-refractivity contribution in [3.63, 3.8) is 0 Å². The zero-order valence-corrected chi connectivity index (χ0v) is 19.0. The maximum Gasteiger partial charge on any atom is 0.129 e. The van der Waals surface area contributed by atoms with Crippen LogP contribution in [0.5, 0.6) is 0 Å². The zero-order valence-electron chi connectivity index (χ0n) is 19.0. The summed E-state index contributed by atoms with van der Waals surface area (Å²) in [4.78, 5) is 14.7. The van der Waals surface area contributed by atoms with Crippen LogP contribution in [-0.2, 0) is 6.42 Å². The van der Waals surface area contributed by atoms with E-state index in [1.807, 2.05) is 24.4 Å². The summed E-state index contributed by atoms with van der Waals surface area (Å²) in [5.74, 6) is 1.26.